The molecule has 0 radical (unpaired) electrons. The number of rotatable bonds is 2. The fourth-order valence-electron chi connectivity index (χ4n) is 3.54. The van der Waals surface area contributed by atoms with Gasteiger partial charge in [0.15, 0.2) is 0 Å². The van der Waals surface area contributed by atoms with Gasteiger partial charge in [0.25, 0.3) is 11.6 Å². The van der Waals surface area contributed by atoms with E-state index in [1.54, 1.807) is 19.1 Å². The number of nitro groups is 1. The molecule has 3 rings (SSSR count). The number of halogens is 1. The van der Waals surface area contributed by atoms with Gasteiger partial charge in [0.05, 0.1) is 4.92 Å². The van der Waals surface area contributed by atoms with Crippen LogP contribution in [0.15, 0.2) is 18.2 Å². The van der Waals surface area contributed by atoms with Crippen LogP contribution in [0.5, 0.6) is 0 Å². The Kier molecular flexibility index (Phi) is 5.59. The van der Waals surface area contributed by atoms with Crippen molar-refractivity contribution in [2.24, 2.45) is 11.8 Å². The predicted octanol–water partition coefficient (Wildman–Crippen LogP) is 2.40. The van der Waals surface area contributed by atoms with E-state index in [4.69, 9.17) is 0 Å². The highest BCUT2D eigenvalue weighted by molar-refractivity contribution is 5.95. The van der Waals surface area contributed by atoms with Crippen molar-refractivity contribution < 1.29 is 9.72 Å². The number of nitro benzene ring substituents is 1. The number of benzene rings is 1. The third-order valence-electron chi connectivity index (χ3n) is 4.96. The Hall–Kier alpha value is -1.66. The minimum Gasteiger partial charge on any atom is -0.339 e. The summed E-state index contributed by atoms with van der Waals surface area (Å²) in [5.74, 6) is 1.23. The fraction of sp³-hybridized carbons (Fsp3) is 0.562. The van der Waals surface area contributed by atoms with Crippen molar-refractivity contribution >= 4 is 24.0 Å². The molecule has 1 amide bonds. The third kappa shape index (κ3) is 3.64. The molecule has 6 nitrogen and oxygen atoms in total. The van der Waals surface area contributed by atoms with Crippen LogP contribution in [0, 0.1) is 28.9 Å². The molecular formula is C16H22ClN3O3. The van der Waals surface area contributed by atoms with Crippen LogP contribution in [-0.4, -0.2) is 41.9 Å². The number of hydrogen-bond donors (Lipinski definition) is 1. The topological polar surface area (TPSA) is 75.5 Å². The molecule has 0 bridgehead atoms. The van der Waals surface area contributed by atoms with E-state index in [0.717, 1.165) is 39.0 Å². The quantitative estimate of drug-likeness (QED) is 0.663. The molecule has 1 N–H and O–H groups in total. The summed E-state index contributed by atoms with van der Waals surface area (Å²) >= 11 is 0. The maximum atomic E-state index is 12.6. The molecule has 0 aliphatic carbocycles. The Morgan fingerprint density at radius 2 is 1.87 bits per heavy atom. The lowest BCUT2D eigenvalue weighted by atomic mass is 9.92. The summed E-state index contributed by atoms with van der Waals surface area (Å²) in [7, 11) is 0. The normalized spacial score (nSPS) is 23.6. The van der Waals surface area contributed by atoms with Gasteiger partial charge in [-0.15, -0.1) is 12.4 Å². The number of likely N-dealkylation sites (tertiary alicyclic amines) is 1. The molecule has 2 heterocycles. The number of aryl methyl sites for hydroxylation is 1. The van der Waals surface area contributed by atoms with E-state index >= 15 is 0 Å². The first-order chi connectivity index (χ1) is 10.6. The first-order valence-electron chi connectivity index (χ1n) is 7.81. The highest BCUT2D eigenvalue weighted by Gasteiger charge is 2.32. The Labute approximate surface area is 141 Å². The monoisotopic (exact) mass is 339 g/mol. The summed E-state index contributed by atoms with van der Waals surface area (Å²) in [5.41, 5.74) is 1.02. The van der Waals surface area contributed by atoms with Gasteiger partial charge in [-0.05, 0) is 50.8 Å². The van der Waals surface area contributed by atoms with E-state index in [0.29, 0.717) is 23.0 Å². The Balaban J connectivity index is 0.00000192. The first-order valence-corrected chi connectivity index (χ1v) is 7.81. The second-order valence-electron chi connectivity index (χ2n) is 6.31. The second-order valence-corrected chi connectivity index (χ2v) is 6.31. The van der Waals surface area contributed by atoms with Crippen LogP contribution in [0.4, 0.5) is 5.69 Å². The van der Waals surface area contributed by atoms with E-state index in [1.165, 1.54) is 6.07 Å². The van der Waals surface area contributed by atoms with Crippen molar-refractivity contribution in [3.05, 3.63) is 39.4 Å². The summed E-state index contributed by atoms with van der Waals surface area (Å²) < 4.78 is 0. The molecule has 0 saturated carbocycles. The van der Waals surface area contributed by atoms with Gasteiger partial charge in [0.2, 0.25) is 0 Å². The van der Waals surface area contributed by atoms with Crippen LogP contribution in [0.25, 0.3) is 0 Å². The minimum atomic E-state index is -0.426. The SMILES string of the molecule is Cc1ccc(C(=O)N2CC[C@@H]3CNC[C@@H]3CC2)cc1[N+](=O)[O-].Cl. The molecule has 0 spiro atoms. The summed E-state index contributed by atoms with van der Waals surface area (Å²) in [6.45, 7) is 5.25. The molecule has 2 saturated heterocycles. The van der Waals surface area contributed by atoms with Crippen molar-refractivity contribution in [3.63, 3.8) is 0 Å². The zero-order valence-corrected chi connectivity index (χ0v) is 14.0. The maximum absolute atomic E-state index is 12.6. The van der Waals surface area contributed by atoms with Crippen LogP contribution in [0.1, 0.15) is 28.8 Å². The highest BCUT2D eigenvalue weighted by Crippen LogP contribution is 2.28. The minimum absolute atomic E-state index is 0. The number of nitrogens with zero attached hydrogens (tertiary/aromatic N) is 2. The van der Waals surface area contributed by atoms with Crippen LogP contribution in [0.2, 0.25) is 0 Å². The fourth-order valence-corrected chi connectivity index (χ4v) is 3.54. The van der Waals surface area contributed by atoms with E-state index in [9.17, 15) is 14.9 Å². The smallest absolute Gasteiger partial charge is 0.273 e. The lowest BCUT2D eigenvalue weighted by Crippen LogP contribution is -2.32. The van der Waals surface area contributed by atoms with Crippen molar-refractivity contribution in [2.45, 2.75) is 19.8 Å². The Morgan fingerprint density at radius 1 is 1.26 bits per heavy atom. The number of carbonyl (C=O) groups is 1. The number of amides is 1. The van der Waals surface area contributed by atoms with Gasteiger partial charge in [-0.1, -0.05) is 6.07 Å². The lowest BCUT2D eigenvalue weighted by Gasteiger charge is -2.21. The Morgan fingerprint density at radius 3 is 2.43 bits per heavy atom. The van der Waals surface area contributed by atoms with Gasteiger partial charge in [0, 0.05) is 30.3 Å². The van der Waals surface area contributed by atoms with Crippen LogP contribution in [-0.2, 0) is 0 Å². The summed E-state index contributed by atoms with van der Waals surface area (Å²) in [5, 5.41) is 14.4. The highest BCUT2D eigenvalue weighted by atomic mass is 35.5. The van der Waals surface area contributed by atoms with E-state index in [-0.39, 0.29) is 24.0 Å². The summed E-state index contributed by atoms with van der Waals surface area (Å²) in [6.07, 6.45) is 2.02. The Bertz CT molecular complexity index is 594. The molecule has 0 unspecified atom stereocenters. The maximum Gasteiger partial charge on any atom is 0.273 e. The molecule has 0 aromatic heterocycles. The standard InChI is InChI=1S/C16H21N3O3.ClH/c1-11-2-3-12(8-15(11)19(21)22)16(20)18-6-4-13-9-17-10-14(13)5-7-18;/h2-3,8,13-14,17H,4-7,9-10H2,1H3;1H/t13-,14+;. The molecule has 1 aromatic rings. The van der Waals surface area contributed by atoms with E-state index < -0.39 is 4.92 Å². The average molecular weight is 340 g/mol. The van der Waals surface area contributed by atoms with Crippen molar-refractivity contribution in [1.29, 1.82) is 0 Å². The molecule has 1 aromatic carbocycles. The van der Waals surface area contributed by atoms with Crippen LogP contribution in [0.3, 0.4) is 0 Å². The van der Waals surface area contributed by atoms with Gasteiger partial charge in [0.1, 0.15) is 0 Å². The summed E-state index contributed by atoms with van der Waals surface area (Å²) in [6, 6.07) is 4.75. The second kappa shape index (κ2) is 7.27. The van der Waals surface area contributed by atoms with Crippen LogP contribution < -0.4 is 5.32 Å². The molecule has 126 valence electrons. The number of carbonyl (C=O) groups excluding carboxylic acids is 1. The average Bonchev–Trinajstić information content (AvgIpc) is 2.85. The van der Waals surface area contributed by atoms with E-state index in [2.05, 4.69) is 5.32 Å². The van der Waals surface area contributed by atoms with Crippen molar-refractivity contribution in [1.82, 2.24) is 10.2 Å². The van der Waals surface area contributed by atoms with Crippen molar-refractivity contribution in [2.75, 3.05) is 26.2 Å². The molecular weight excluding hydrogens is 318 g/mol. The number of fused-ring (bicyclic) bond motifs is 1. The molecule has 2 atom stereocenters. The van der Waals surface area contributed by atoms with Gasteiger partial charge in [-0.25, -0.2) is 0 Å². The van der Waals surface area contributed by atoms with Gasteiger partial charge in [-0.2, -0.15) is 0 Å². The molecule has 2 aliphatic rings. The van der Waals surface area contributed by atoms with Gasteiger partial charge >= 0.3 is 0 Å². The van der Waals surface area contributed by atoms with Gasteiger partial charge < -0.3 is 10.2 Å². The predicted molar refractivity (Wildman–Crippen MR) is 90.1 cm³/mol. The molecule has 2 aliphatic heterocycles. The van der Waals surface area contributed by atoms with E-state index in [1.807, 2.05) is 4.90 Å². The molecule has 23 heavy (non-hydrogen) atoms. The van der Waals surface area contributed by atoms with Gasteiger partial charge in [-0.3, -0.25) is 14.9 Å². The van der Waals surface area contributed by atoms with Crippen LogP contribution >= 0.6 is 12.4 Å². The zero-order chi connectivity index (χ0) is 15.7. The van der Waals surface area contributed by atoms with Crippen molar-refractivity contribution in [3.8, 4) is 0 Å². The molecule has 2 fully saturated rings. The zero-order valence-electron chi connectivity index (χ0n) is 13.2. The third-order valence-corrected chi connectivity index (χ3v) is 4.96. The molecule has 7 heteroatoms. The summed E-state index contributed by atoms with van der Waals surface area (Å²) in [4.78, 5) is 25.1. The first kappa shape index (κ1) is 17.7. The number of nitrogens with one attached hydrogen (secondary N) is 1. The lowest BCUT2D eigenvalue weighted by molar-refractivity contribution is -0.385. The number of hydrogen-bond acceptors (Lipinski definition) is 4. The largest absolute Gasteiger partial charge is 0.339 e.